The molecule has 0 bridgehead atoms. The maximum atomic E-state index is 12.3. The van der Waals surface area contributed by atoms with Crippen molar-refractivity contribution in [2.24, 2.45) is 0 Å². The van der Waals surface area contributed by atoms with Crippen LogP contribution in [0.15, 0.2) is 36.7 Å². The third-order valence-corrected chi connectivity index (χ3v) is 6.49. The number of benzene rings is 1. The highest BCUT2D eigenvalue weighted by Gasteiger charge is 2.32. The number of aromatic nitrogens is 5. The van der Waals surface area contributed by atoms with Crippen LogP contribution in [-0.4, -0.2) is 41.4 Å². The van der Waals surface area contributed by atoms with E-state index in [0.29, 0.717) is 30.0 Å². The number of nitrogens with zero attached hydrogens (tertiary/aromatic N) is 6. The van der Waals surface area contributed by atoms with Crippen molar-refractivity contribution in [3.63, 3.8) is 0 Å². The summed E-state index contributed by atoms with van der Waals surface area (Å²) >= 11 is 6.33. The Labute approximate surface area is 203 Å². The molecule has 1 fully saturated rings. The topological polar surface area (TPSA) is 87.3 Å². The minimum atomic E-state index is -0.749. The fraction of sp³-hybridized carbons (Fsp3) is 0.500. The lowest BCUT2D eigenvalue weighted by Crippen LogP contribution is -2.31. The van der Waals surface area contributed by atoms with Gasteiger partial charge in [-0.3, -0.25) is 9.25 Å². The maximum Gasteiger partial charge on any atom is 0.528 e. The summed E-state index contributed by atoms with van der Waals surface area (Å²) in [5.74, 6) is 1.94. The van der Waals surface area contributed by atoms with Gasteiger partial charge in [-0.25, -0.2) is 4.79 Å². The largest absolute Gasteiger partial charge is 0.528 e. The van der Waals surface area contributed by atoms with Gasteiger partial charge in [-0.05, 0) is 76.3 Å². The van der Waals surface area contributed by atoms with Gasteiger partial charge in [0.2, 0.25) is 0 Å². The molecular formula is C24H29ClN6O3. The van der Waals surface area contributed by atoms with Crippen molar-refractivity contribution in [1.82, 2.24) is 29.6 Å². The summed E-state index contributed by atoms with van der Waals surface area (Å²) in [5.41, 5.74) is 1.25. The van der Waals surface area contributed by atoms with Crippen LogP contribution in [0.3, 0.4) is 0 Å². The molecule has 0 atom stereocenters. The van der Waals surface area contributed by atoms with Gasteiger partial charge < -0.3 is 9.57 Å². The lowest BCUT2D eigenvalue weighted by Gasteiger charge is -2.28. The molecule has 3 aromatic rings. The summed E-state index contributed by atoms with van der Waals surface area (Å²) in [7, 11) is 0. The molecule has 3 heterocycles. The van der Waals surface area contributed by atoms with Gasteiger partial charge in [0, 0.05) is 23.3 Å². The summed E-state index contributed by atoms with van der Waals surface area (Å²) in [6, 6.07) is 8.14. The Kier molecular flexibility index (Phi) is 6.07. The number of hydrogen-bond donors (Lipinski definition) is 0. The Hall–Kier alpha value is -2.91. The first-order valence-corrected chi connectivity index (χ1v) is 12.0. The van der Waals surface area contributed by atoms with E-state index in [1.807, 2.05) is 36.7 Å². The van der Waals surface area contributed by atoms with Gasteiger partial charge >= 0.3 is 6.16 Å². The van der Waals surface area contributed by atoms with Crippen LogP contribution in [0.4, 0.5) is 4.79 Å². The van der Waals surface area contributed by atoms with Crippen molar-refractivity contribution in [1.29, 1.82) is 0 Å². The Morgan fingerprint density at radius 3 is 2.62 bits per heavy atom. The van der Waals surface area contributed by atoms with Crippen LogP contribution in [0.25, 0.3) is 5.69 Å². The van der Waals surface area contributed by atoms with Gasteiger partial charge in [-0.2, -0.15) is 5.10 Å². The first-order chi connectivity index (χ1) is 16.3. The molecule has 0 amide bonds. The second-order valence-corrected chi connectivity index (χ2v) is 10.4. The Morgan fingerprint density at radius 1 is 1.12 bits per heavy atom. The molecule has 34 heavy (non-hydrogen) atoms. The molecule has 0 unspecified atom stereocenters. The number of carbonyl (C=O) groups is 1. The van der Waals surface area contributed by atoms with Crippen LogP contribution in [0.1, 0.15) is 75.6 Å². The van der Waals surface area contributed by atoms with E-state index >= 15 is 0 Å². The monoisotopic (exact) mass is 484 g/mol. The molecule has 1 aliphatic heterocycles. The van der Waals surface area contributed by atoms with Crippen molar-refractivity contribution >= 4 is 17.8 Å². The van der Waals surface area contributed by atoms with Gasteiger partial charge in [0.15, 0.2) is 5.82 Å². The standard InChI is InChI=1S/C24H29ClN6O3/c1-24(2,3)33-23(32)34-29-14-17-13-18(25)7-10-20(17)31-21(15-29)27-28-22(31)16-5-8-19(9-6-16)30-12-4-11-26-30/h4,7,10-13,16,19H,5-6,8-9,14-15H2,1-3H3. The summed E-state index contributed by atoms with van der Waals surface area (Å²) in [4.78, 5) is 17.9. The molecule has 0 radical (unpaired) electrons. The molecule has 9 nitrogen and oxygen atoms in total. The van der Waals surface area contributed by atoms with E-state index in [4.69, 9.17) is 21.2 Å². The van der Waals surface area contributed by atoms with Crippen molar-refractivity contribution in [3.8, 4) is 5.69 Å². The van der Waals surface area contributed by atoms with E-state index < -0.39 is 11.8 Å². The summed E-state index contributed by atoms with van der Waals surface area (Å²) in [6.07, 6.45) is 7.20. The smallest absolute Gasteiger partial charge is 0.427 e. The van der Waals surface area contributed by atoms with E-state index in [0.717, 1.165) is 42.8 Å². The van der Waals surface area contributed by atoms with Crippen molar-refractivity contribution < 1.29 is 14.4 Å². The second-order valence-electron chi connectivity index (χ2n) is 9.93. The van der Waals surface area contributed by atoms with Gasteiger partial charge in [0.25, 0.3) is 0 Å². The van der Waals surface area contributed by atoms with Crippen molar-refractivity contribution in [2.75, 3.05) is 0 Å². The molecule has 2 aromatic heterocycles. The minimum absolute atomic E-state index is 0.287. The Balaban J connectivity index is 1.41. The summed E-state index contributed by atoms with van der Waals surface area (Å²) < 4.78 is 9.52. The minimum Gasteiger partial charge on any atom is -0.427 e. The van der Waals surface area contributed by atoms with E-state index in [1.165, 1.54) is 0 Å². The second kappa shape index (κ2) is 9.03. The van der Waals surface area contributed by atoms with Gasteiger partial charge in [0.05, 0.1) is 24.8 Å². The van der Waals surface area contributed by atoms with Crippen LogP contribution < -0.4 is 0 Å². The molecule has 10 heteroatoms. The molecule has 1 aromatic carbocycles. The van der Waals surface area contributed by atoms with Crippen LogP contribution in [0, 0.1) is 0 Å². The predicted molar refractivity (Wildman–Crippen MR) is 125 cm³/mol. The highest BCUT2D eigenvalue weighted by atomic mass is 35.5. The maximum absolute atomic E-state index is 12.3. The zero-order valence-electron chi connectivity index (χ0n) is 19.6. The summed E-state index contributed by atoms with van der Waals surface area (Å²) in [5, 5.41) is 15.7. The third-order valence-electron chi connectivity index (χ3n) is 6.26. The number of rotatable bonds is 3. The predicted octanol–water partition coefficient (Wildman–Crippen LogP) is 5.20. The van der Waals surface area contributed by atoms with E-state index in [-0.39, 0.29) is 5.92 Å². The van der Waals surface area contributed by atoms with Gasteiger partial charge in [-0.1, -0.05) is 11.6 Å². The van der Waals surface area contributed by atoms with Crippen LogP contribution >= 0.6 is 11.6 Å². The number of carbonyl (C=O) groups excluding carboxylic acids is 1. The highest BCUT2D eigenvalue weighted by Crippen LogP contribution is 2.39. The number of hydrogen-bond acceptors (Lipinski definition) is 7. The molecule has 180 valence electrons. The van der Waals surface area contributed by atoms with E-state index in [2.05, 4.69) is 24.5 Å². The molecule has 0 saturated heterocycles. The molecular weight excluding hydrogens is 456 g/mol. The zero-order valence-corrected chi connectivity index (χ0v) is 20.4. The first-order valence-electron chi connectivity index (χ1n) is 11.6. The van der Waals surface area contributed by atoms with Crippen LogP contribution in [0.2, 0.25) is 5.02 Å². The molecule has 5 rings (SSSR count). The Bertz CT molecular complexity index is 1160. The third kappa shape index (κ3) is 4.81. The molecule has 0 N–H and O–H groups in total. The average Bonchev–Trinajstić information content (AvgIpc) is 3.41. The number of fused-ring (bicyclic) bond motifs is 3. The average molecular weight is 485 g/mol. The quantitative estimate of drug-likeness (QED) is 0.472. The molecule has 0 spiro atoms. The first kappa shape index (κ1) is 22.9. The normalized spacial score (nSPS) is 20.8. The Morgan fingerprint density at radius 2 is 1.91 bits per heavy atom. The zero-order chi connectivity index (χ0) is 23.9. The van der Waals surface area contributed by atoms with E-state index in [9.17, 15) is 4.79 Å². The lowest BCUT2D eigenvalue weighted by atomic mass is 9.85. The van der Waals surface area contributed by atoms with Gasteiger partial charge in [-0.15, -0.1) is 15.3 Å². The lowest BCUT2D eigenvalue weighted by molar-refractivity contribution is -0.155. The number of hydroxylamine groups is 2. The van der Waals surface area contributed by atoms with Crippen molar-refractivity contribution in [3.05, 3.63) is 58.9 Å². The SMILES string of the molecule is CC(C)(C)OC(=O)ON1Cc2cc(Cl)ccc2-n2c(nnc2C2CCC(n3cccn3)CC2)C1. The van der Waals surface area contributed by atoms with Crippen molar-refractivity contribution in [2.45, 2.75) is 77.1 Å². The summed E-state index contributed by atoms with van der Waals surface area (Å²) in [6.45, 7) is 6.06. The number of ether oxygens (including phenoxy) is 1. The molecule has 1 saturated carbocycles. The van der Waals surface area contributed by atoms with Crippen LogP contribution in [0.5, 0.6) is 0 Å². The fourth-order valence-corrected chi connectivity index (χ4v) is 4.99. The van der Waals surface area contributed by atoms with E-state index in [1.54, 1.807) is 25.8 Å². The molecule has 2 aliphatic rings. The fourth-order valence-electron chi connectivity index (χ4n) is 4.80. The molecule has 1 aliphatic carbocycles. The van der Waals surface area contributed by atoms with Gasteiger partial charge in [0.1, 0.15) is 11.4 Å². The number of halogens is 1. The highest BCUT2D eigenvalue weighted by molar-refractivity contribution is 6.30. The van der Waals surface area contributed by atoms with Crippen LogP contribution in [-0.2, 0) is 22.7 Å².